The molecule has 186 valence electrons. The van der Waals surface area contributed by atoms with Gasteiger partial charge in [-0.3, -0.25) is 9.59 Å². The summed E-state index contributed by atoms with van der Waals surface area (Å²) in [6.45, 7) is 4.75. The van der Waals surface area contributed by atoms with Crippen LogP contribution in [0.15, 0.2) is 77.3 Å². The quantitative estimate of drug-likeness (QED) is 0.395. The summed E-state index contributed by atoms with van der Waals surface area (Å²) in [6.07, 6.45) is 0. The molecule has 7 nitrogen and oxygen atoms in total. The third kappa shape index (κ3) is 3.43. The van der Waals surface area contributed by atoms with Crippen LogP contribution in [-0.4, -0.2) is 39.9 Å². The zero-order valence-corrected chi connectivity index (χ0v) is 20.4. The maximum absolute atomic E-state index is 13.8. The molecule has 0 aliphatic carbocycles. The molecule has 4 aromatic rings. The van der Waals surface area contributed by atoms with Crippen molar-refractivity contribution in [2.75, 3.05) is 13.1 Å². The van der Waals surface area contributed by atoms with Crippen molar-refractivity contribution in [3.63, 3.8) is 0 Å². The number of hydrogen-bond donors (Lipinski definition) is 0. The van der Waals surface area contributed by atoms with Crippen LogP contribution < -0.4 is 4.74 Å². The fourth-order valence-corrected chi connectivity index (χ4v) is 5.44. The van der Waals surface area contributed by atoms with Crippen molar-refractivity contribution in [2.24, 2.45) is 0 Å². The molecule has 1 unspecified atom stereocenters. The molecule has 8 heteroatoms. The van der Waals surface area contributed by atoms with Crippen molar-refractivity contribution < 1.29 is 23.2 Å². The number of aryl methyl sites for hydroxylation is 2. The van der Waals surface area contributed by atoms with E-state index in [2.05, 4.69) is 5.16 Å². The molecular formula is C29H24FN3O4. The molecule has 1 fully saturated rings. The molecule has 0 bridgehead atoms. The monoisotopic (exact) mass is 497 g/mol. The van der Waals surface area contributed by atoms with Crippen LogP contribution in [0.4, 0.5) is 4.39 Å². The highest BCUT2D eigenvalue weighted by molar-refractivity contribution is 6.03. The van der Waals surface area contributed by atoms with E-state index in [9.17, 15) is 14.0 Å². The Labute approximate surface area is 213 Å². The summed E-state index contributed by atoms with van der Waals surface area (Å²) in [5, 5.41) is 3.96. The standard InChI is InChI=1S/C29H24FN3O4/c1-18-25(19(2)37-31-18)17-36-23-13-9-21(10-14-23)29-26-6-4-3-5-24(26)28(35)33(29)16-15-32(29)27(34)20-7-11-22(30)12-8-20/h3-14H,15-17H2,1-2H3. The van der Waals surface area contributed by atoms with Crippen LogP contribution in [0.1, 0.15) is 48.9 Å². The van der Waals surface area contributed by atoms with Crippen LogP contribution in [0.2, 0.25) is 0 Å². The number of carbonyl (C=O) groups excluding carboxylic acids is 2. The first-order chi connectivity index (χ1) is 17.9. The minimum Gasteiger partial charge on any atom is -0.489 e. The topological polar surface area (TPSA) is 75.9 Å². The minimum absolute atomic E-state index is 0.122. The largest absolute Gasteiger partial charge is 0.489 e. The zero-order chi connectivity index (χ0) is 25.7. The summed E-state index contributed by atoms with van der Waals surface area (Å²) in [6, 6.07) is 20.3. The molecule has 1 saturated heterocycles. The first-order valence-electron chi connectivity index (χ1n) is 12.1. The molecular weight excluding hydrogens is 473 g/mol. The van der Waals surface area contributed by atoms with Crippen molar-refractivity contribution in [2.45, 2.75) is 26.1 Å². The van der Waals surface area contributed by atoms with E-state index in [1.54, 1.807) is 15.9 Å². The average Bonchev–Trinajstić information content (AvgIpc) is 3.54. The lowest BCUT2D eigenvalue weighted by molar-refractivity contribution is 0.0375. The normalized spacial score (nSPS) is 18.2. The van der Waals surface area contributed by atoms with Gasteiger partial charge in [-0.05, 0) is 56.3 Å². The second kappa shape index (κ2) is 8.58. The van der Waals surface area contributed by atoms with Gasteiger partial charge in [-0.25, -0.2) is 4.39 Å². The lowest BCUT2D eigenvalue weighted by Crippen LogP contribution is -2.51. The van der Waals surface area contributed by atoms with E-state index in [0.29, 0.717) is 42.3 Å². The van der Waals surface area contributed by atoms with Crippen molar-refractivity contribution >= 4 is 11.8 Å². The van der Waals surface area contributed by atoms with Crippen molar-refractivity contribution in [1.82, 2.24) is 15.0 Å². The Balaban J connectivity index is 1.41. The summed E-state index contributed by atoms with van der Waals surface area (Å²) in [5.41, 5.74) is 3.01. The molecule has 6 rings (SSSR count). The molecule has 1 atom stereocenters. The molecule has 0 spiro atoms. The predicted molar refractivity (Wildman–Crippen MR) is 132 cm³/mol. The zero-order valence-electron chi connectivity index (χ0n) is 20.4. The number of hydrogen-bond acceptors (Lipinski definition) is 5. The fraction of sp³-hybridized carbons (Fsp3) is 0.207. The summed E-state index contributed by atoms with van der Waals surface area (Å²) < 4.78 is 24.8. The molecule has 2 aliphatic heterocycles. The molecule has 0 saturated carbocycles. The third-order valence-corrected chi connectivity index (χ3v) is 7.26. The SMILES string of the molecule is Cc1noc(C)c1COc1ccc(C23c4ccccc4C(=O)N2CCN3C(=O)c2ccc(F)cc2)cc1. The van der Waals surface area contributed by atoms with Crippen molar-refractivity contribution in [3.8, 4) is 5.75 Å². The Bertz CT molecular complexity index is 1490. The third-order valence-electron chi connectivity index (χ3n) is 7.26. The Hall–Kier alpha value is -4.46. The van der Waals surface area contributed by atoms with E-state index >= 15 is 0 Å². The van der Waals surface area contributed by atoms with Gasteiger partial charge in [0.25, 0.3) is 11.8 Å². The number of halogens is 1. The van der Waals surface area contributed by atoms with Gasteiger partial charge in [-0.2, -0.15) is 0 Å². The summed E-state index contributed by atoms with van der Waals surface area (Å²) in [7, 11) is 0. The molecule has 1 aromatic heterocycles. The number of carbonyl (C=O) groups is 2. The van der Waals surface area contributed by atoms with Crippen molar-refractivity contribution in [1.29, 1.82) is 0 Å². The second-order valence-corrected chi connectivity index (χ2v) is 9.25. The molecule has 3 aromatic carbocycles. The van der Waals surface area contributed by atoms with Gasteiger partial charge in [0.2, 0.25) is 0 Å². The van der Waals surface area contributed by atoms with Crippen LogP contribution in [0.3, 0.4) is 0 Å². The minimum atomic E-state index is -1.11. The van der Waals surface area contributed by atoms with Gasteiger partial charge in [0.05, 0.1) is 11.3 Å². The summed E-state index contributed by atoms with van der Waals surface area (Å²) in [4.78, 5) is 30.7. The summed E-state index contributed by atoms with van der Waals surface area (Å²) in [5.74, 6) is 0.543. The number of aromatic nitrogens is 1. The number of fused-ring (bicyclic) bond motifs is 3. The molecule has 0 N–H and O–H groups in total. The lowest BCUT2D eigenvalue weighted by atomic mass is 9.89. The van der Waals surface area contributed by atoms with Gasteiger partial charge < -0.3 is 19.1 Å². The highest BCUT2D eigenvalue weighted by Crippen LogP contribution is 2.50. The first kappa shape index (κ1) is 23.0. The van der Waals surface area contributed by atoms with Gasteiger partial charge in [-0.1, -0.05) is 35.5 Å². The Morgan fingerprint density at radius 1 is 1.03 bits per heavy atom. The highest BCUT2D eigenvalue weighted by Gasteiger charge is 2.59. The van der Waals surface area contributed by atoms with E-state index in [1.165, 1.54) is 24.3 Å². The molecule has 2 aliphatic rings. The maximum Gasteiger partial charge on any atom is 0.256 e. The van der Waals surface area contributed by atoms with E-state index in [-0.39, 0.29) is 11.8 Å². The Morgan fingerprint density at radius 3 is 2.46 bits per heavy atom. The van der Waals surface area contributed by atoms with Crippen LogP contribution in [0.5, 0.6) is 5.75 Å². The van der Waals surface area contributed by atoms with Gasteiger partial charge in [0.1, 0.15) is 23.9 Å². The maximum atomic E-state index is 13.8. The highest BCUT2D eigenvalue weighted by atomic mass is 19.1. The Kier molecular flexibility index (Phi) is 5.33. The Morgan fingerprint density at radius 2 is 1.76 bits per heavy atom. The van der Waals surface area contributed by atoms with Crippen LogP contribution >= 0.6 is 0 Å². The summed E-state index contributed by atoms with van der Waals surface area (Å²) >= 11 is 0. The molecule has 0 radical (unpaired) electrons. The van der Waals surface area contributed by atoms with E-state index < -0.39 is 11.5 Å². The van der Waals surface area contributed by atoms with Crippen LogP contribution in [0, 0.1) is 19.7 Å². The van der Waals surface area contributed by atoms with Gasteiger partial charge >= 0.3 is 0 Å². The molecule has 3 heterocycles. The average molecular weight is 498 g/mol. The van der Waals surface area contributed by atoms with Gasteiger partial charge in [0, 0.05) is 35.3 Å². The molecule has 2 amide bonds. The van der Waals surface area contributed by atoms with E-state index in [4.69, 9.17) is 9.26 Å². The van der Waals surface area contributed by atoms with Crippen LogP contribution in [0.25, 0.3) is 0 Å². The van der Waals surface area contributed by atoms with Crippen molar-refractivity contribution in [3.05, 3.63) is 118 Å². The van der Waals surface area contributed by atoms with E-state index in [0.717, 1.165) is 22.4 Å². The fourth-order valence-electron chi connectivity index (χ4n) is 5.44. The first-order valence-corrected chi connectivity index (χ1v) is 12.1. The number of benzene rings is 3. The molecule has 37 heavy (non-hydrogen) atoms. The van der Waals surface area contributed by atoms with Gasteiger partial charge in [0.15, 0.2) is 5.66 Å². The number of amides is 2. The van der Waals surface area contributed by atoms with E-state index in [1.807, 2.05) is 56.3 Å². The number of rotatable bonds is 5. The van der Waals surface area contributed by atoms with Crippen LogP contribution in [-0.2, 0) is 12.3 Å². The van der Waals surface area contributed by atoms with Gasteiger partial charge in [-0.15, -0.1) is 0 Å². The second-order valence-electron chi connectivity index (χ2n) is 9.25. The number of ether oxygens (including phenoxy) is 1. The lowest BCUT2D eigenvalue weighted by Gasteiger charge is -2.40. The predicted octanol–water partition coefficient (Wildman–Crippen LogP) is 4.82. The smallest absolute Gasteiger partial charge is 0.256 e. The number of nitrogens with zero attached hydrogens (tertiary/aromatic N) is 3.